The fourth-order valence-electron chi connectivity index (χ4n) is 2.29. The predicted octanol–water partition coefficient (Wildman–Crippen LogP) is 3.16. The van der Waals surface area contributed by atoms with Crippen LogP contribution in [-0.2, 0) is 11.3 Å². The molecule has 19 heavy (non-hydrogen) atoms. The van der Waals surface area contributed by atoms with E-state index in [9.17, 15) is 4.79 Å². The first-order valence-electron chi connectivity index (χ1n) is 6.46. The second-order valence-electron chi connectivity index (χ2n) is 5.00. The van der Waals surface area contributed by atoms with Crippen LogP contribution in [0.2, 0.25) is 5.02 Å². The minimum absolute atomic E-state index is 0.216. The Bertz CT molecular complexity index is 461. The first-order chi connectivity index (χ1) is 9.06. The molecule has 1 heterocycles. The van der Waals surface area contributed by atoms with E-state index >= 15 is 0 Å². The minimum atomic E-state index is 0.216. The Kier molecular flexibility index (Phi) is 5.25. The molecular formula is C14H18BrClN2O. The summed E-state index contributed by atoms with van der Waals surface area (Å²) in [5, 5.41) is 0.731. The van der Waals surface area contributed by atoms with E-state index in [-0.39, 0.29) is 5.91 Å². The lowest BCUT2D eigenvalue weighted by atomic mass is 10.2. The molecule has 1 aliphatic heterocycles. The zero-order valence-electron chi connectivity index (χ0n) is 11.0. The molecule has 0 aromatic heterocycles. The van der Waals surface area contributed by atoms with Gasteiger partial charge in [-0.1, -0.05) is 33.6 Å². The molecule has 0 atom stereocenters. The van der Waals surface area contributed by atoms with Gasteiger partial charge in [-0.25, -0.2) is 0 Å². The topological polar surface area (TPSA) is 23.6 Å². The number of amides is 1. The number of benzene rings is 1. The summed E-state index contributed by atoms with van der Waals surface area (Å²) in [6.45, 7) is 2.95. The van der Waals surface area contributed by atoms with Crippen LogP contribution in [0.1, 0.15) is 18.4 Å². The highest BCUT2D eigenvalue weighted by atomic mass is 79.9. The van der Waals surface area contributed by atoms with Crippen molar-refractivity contribution in [2.24, 2.45) is 0 Å². The zero-order chi connectivity index (χ0) is 13.8. The minimum Gasteiger partial charge on any atom is -0.342 e. The first kappa shape index (κ1) is 14.8. The molecule has 0 aliphatic carbocycles. The van der Waals surface area contributed by atoms with Gasteiger partial charge in [0.2, 0.25) is 5.91 Å². The van der Waals surface area contributed by atoms with Gasteiger partial charge >= 0.3 is 0 Å². The van der Waals surface area contributed by atoms with E-state index in [0.29, 0.717) is 13.1 Å². The molecular weight excluding hydrogens is 328 g/mol. The summed E-state index contributed by atoms with van der Waals surface area (Å²) in [4.78, 5) is 16.0. The van der Waals surface area contributed by atoms with E-state index < -0.39 is 0 Å². The molecule has 1 fully saturated rings. The van der Waals surface area contributed by atoms with Crippen molar-refractivity contribution < 1.29 is 4.79 Å². The van der Waals surface area contributed by atoms with Gasteiger partial charge in [-0.15, -0.1) is 0 Å². The highest BCUT2D eigenvalue weighted by Gasteiger charge is 2.19. The molecule has 2 rings (SSSR count). The van der Waals surface area contributed by atoms with Gasteiger partial charge in [-0.05, 0) is 37.6 Å². The highest BCUT2D eigenvalue weighted by molar-refractivity contribution is 9.10. The zero-order valence-corrected chi connectivity index (χ0v) is 13.4. The van der Waals surface area contributed by atoms with E-state index in [2.05, 4.69) is 15.9 Å². The van der Waals surface area contributed by atoms with Crippen molar-refractivity contribution in [3.8, 4) is 0 Å². The Balaban J connectivity index is 1.89. The standard InChI is InChI=1S/C14H18BrClN2O/c1-17(10-14(19)18-6-2-3-7-18)9-11-4-5-12(15)8-13(11)16/h4-5,8H,2-3,6-7,9-10H2,1H3. The number of rotatable bonds is 4. The largest absolute Gasteiger partial charge is 0.342 e. The van der Waals surface area contributed by atoms with Crippen LogP contribution in [-0.4, -0.2) is 42.4 Å². The van der Waals surface area contributed by atoms with Crippen LogP contribution in [0.3, 0.4) is 0 Å². The van der Waals surface area contributed by atoms with Gasteiger partial charge in [0.25, 0.3) is 0 Å². The van der Waals surface area contributed by atoms with Gasteiger partial charge < -0.3 is 4.90 Å². The van der Waals surface area contributed by atoms with E-state index in [1.54, 1.807) is 0 Å². The molecule has 0 saturated carbocycles. The van der Waals surface area contributed by atoms with Gasteiger partial charge in [-0.3, -0.25) is 9.69 Å². The molecule has 1 amide bonds. The average molecular weight is 346 g/mol. The molecule has 1 aliphatic rings. The Morgan fingerprint density at radius 2 is 2.11 bits per heavy atom. The second-order valence-corrected chi connectivity index (χ2v) is 6.32. The normalized spacial score (nSPS) is 15.3. The number of likely N-dealkylation sites (N-methyl/N-ethyl adjacent to an activating group) is 1. The van der Waals surface area contributed by atoms with Crippen LogP contribution in [0.4, 0.5) is 0 Å². The van der Waals surface area contributed by atoms with Crippen molar-refractivity contribution in [3.05, 3.63) is 33.3 Å². The molecule has 104 valence electrons. The smallest absolute Gasteiger partial charge is 0.236 e. The summed E-state index contributed by atoms with van der Waals surface area (Å²) < 4.78 is 0.969. The van der Waals surface area contributed by atoms with Crippen LogP contribution in [0.15, 0.2) is 22.7 Å². The second kappa shape index (κ2) is 6.73. The van der Waals surface area contributed by atoms with E-state index in [4.69, 9.17) is 11.6 Å². The SMILES string of the molecule is CN(CC(=O)N1CCCC1)Cc1ccc(Br)cc1Cl. The van der Waals surface area contributed by atoms with Crippen LogP contribution in [0.5, 0.6) is 0 Å². The van der Waals surface area contributed by atoms with Crippen LogP contribution >= 0.6 is 27.5 Å². The molecule has 1 aromatic carbocycles. The number of carbonyl (C=O) groups is 1. The average Bonchev–Trinajstić information content (AvgIpc) is 2.86. The number of halogens is 2. The van der Waals surface area contributed by atoms with Crippen LogP contribution in [0, 0.1) is 0 Å². The molecule has 0 unspecified atom stereocenters. The number of nitrogens with zero attached hydrogens (tertiary/aromatic N) is 2. The number of hydrogen-bond donors (Lipinski definition) is 0. The van der Waals surface area contributed by atoms with Crippen molar-refractivity contribution in [1.29, 1.82) is 0 Å². The Labute approximate surface area is 127 Å². The summed E-state index contributed by atoms with van der Waals surface area (Å²) in [6, 6.07) is 5.84. The van der Waals surface area contributed by atoms with Gasteiger partial charge in [0.1, 0.15) is 0 Å². The van der Waals surface area contributed by atoms with E-state index in [1.807, 2.05) is 35.0 Å². The van der Waals surface area contributed by atoms with Crippen LogP contribution in [0.25, 0.3) is 0 Å². The monoisotopic (exact) mass is 344 g/mol. The summed E-state index contributed by atoms with van der Waals surface area (Å²) in [6.07, 6.45) is 2.27. The van der Waals surface area contributed by atoms with Crippen molar-refractivity contribution in [1.82, 2.24) is 9.80 Å². The summed E-state index contributed by atoms with van der Waals surface area (Å²) >= 11 is 9.57. The van der Waals surface area contributed by atoms with Gasteiger partial charge in [-0.2, -0.15) is 0 Å². The molecule has 3 nitrogen and oxygen atoms in total. The molecule has 5 heteroatoms. The Hall–Kier alpha value is -0.580. The van der Waals surface area contributed by atoms with Crippen molar-refractivity contribution in [2.75, 3.05) is 26.7 Å². The Morgan fingerprint density at radius 3 is 2.74 bits per heavy atom. The third-order valence-electron chi connectivity index (χ3n) is 3.32. The summed E-state index contributed by atoms with van der Waals surface area (Å²) in [5.74, 6) is 0.216. The Morgan fingerprint density at radius 1 is 1.42 bits per heavy atom. The molecule has 0 bridgehead atoms. The lowest BCUT2D eigenvalue weighted by Crippen LogP contribution is -2.37. The predicted molar refractivity (Wildman–Crippen MR) is 81.3 cm³/mol. The maximum Gasteiger partial charge on any atom is 0.236 e. The van der Waals surface area contributed by atoms with Crippen molar-refractivity contribution >= 4 is 33.4 Å². The van der Waals surface area contributed by atoms with Crippen molar-refractivity contribution in [3.63, 3.8) is 0 Å². The van der Waals surface area contributed by atoms with Gasteiger partial charge in [0.05, 0.1) is 6.54 Å². The molecule has 1 saturated heterocycles. The van der Waals surface area contributed by atoms with E-state index in [1.165, 1.54) is 0 Å². The molecule has 0 spiro atoms. The fraction of sp³-hybridized carbons (Fsp3) is 0.500. The van der Waals surface area contributed by atoms with E-state index in [0.717, 1.165) is 41.0 Å². The van der Waals surface area contributed by atoms with Gasteiger partial charge in [0, 0.05) is 29.1 Å². The number of likely N-dealkylation sites (tertiary alicyclic amines) is 1. The number of carbonyl (C=O) groups excluding carboxylic acids is 1. The lowest BCUT2D eigenvalue weighted by molar-refractivity contribution is -0.131. The maximum absolute atomic E-state index is 12.0. The highest BCUT2D eigenvalue weighted by Crippen LogP contribution is 2.22. The summed E-state index contributed by atoms with van der Waals surface area (Å²) in [5.41, 5.74) is 1.04. The third kappa shape index (κ3) is 4.20. The first-order valence-corrected chi connectivity index (χ1v) is 7.63. The number of hydrogen-bond acceptors (Lipinski definition) is 2. The lowest BCUT2D eigenvalue weighted by Gasteiger charge is -2.21. The van der Waals surface area contributed by atoms with Crippen molar-refractivity contribution in [2.45, 2.75) is 19.4 Å². The molecule has 0 N–H and O–H groups in total. The maximum atomic E-state index is 12.0. The third-order valence-corrected chi connectivity index (χ3v) is 4.16. The van der Waals surface area contributed by atoms with Gasteiger partial charge in [0.15, 0.2) is 0 Å². The quantitative estimate of drug-likeness (QED) is 0.837. The molecule has 1 aromatic rings. The summed E-state index contributed by atoms with van der Waals surface area (Å²) in [7, 11) is 1.95. The van der Waals surface area contributed by atoms with Crippen LogP contribution < -0.4 is 0 Å². The fourth-order valence-corrected chi connectivity index (χ4v) is 3.03. The molecule has 0 radical (unpaired) electrons.